The maximum absolute atomic E-state index is 13.4. The van der Waals surface area contributed by atoms with E-state index in [1.807, 2.05) is 20.8 Å². The van der Waals surface area contributed by atoms with Gasteiger partial charge in [0, 0.05) is 5.70 Å². The number of allylic oxidation sites excluding steroid dienone is 1. The van der Waals surface area contributed by atoms with E-state index < -0.39 is 30.4 Å². The highest BCUT2D eigenvalue weighted by Crippen LogP contribution is 2.60. The molecular formula is C16H32NO6P. The summed E-state index contributed by atoms with van der Waals surface area (Å²) >= 11 is 0. The predicted molar refractivity (Wildman–Crippen MR) is 93.6 cm³/mol. The van der Waals surface area contributed by atoms with E-state index in [9.17, 15) is 14.5 Å². The van der Waals surface area contributed by atoms with Gasteiger partial charge in [-0.15, -0.1) is 0 Å². The third-order valence-electron chi connectivity index (χ3n) is 3.13. The first-order chi connectivity index (χ1) is 10.7. The molecule has 1 atom stereocenters. The highest BCUT2D eigenvalue weighted by Gasteiger charge is 2.50. The minimum Gasteiger partial charge on any atom is -0.479 e. The SMILES string of the molecule is C=C(C)N(OC(C)(C)C(=O)O)C(C(C)(C)C)P(=O)(OCC)OCC. The molecule has 0 aromatic heterocycles. The molecule has 0 aliphatic carbocycles. The van der Waals surface area contributed by atoms with E-state index in [-0.39, 0.29) is 13.2 Å². The van der Waals surface area contributed by atoms with Crippen LogP contribution in [0, 0.1) is 5.41 Å². The number of hydrogen-bond donors (Lipinski definition) is 1. The van der Waals surface area contributed by atoms with Crippen molar-refractivity contribution in [2.24, 2.45) is 5.41 Å². The quantitative estimate of drug-likeness (QED) is 0.457. The van der Waals surface area contributed by atoms with Gasteiger partial charge in [0.05, 0.1) is 13.2 Å². The van der Waals surface area contributed by atoms with Gasteiger partial charge in [-0.05, 0) is 40.0 Å². The summed E-state index contributed by atoms with van der Waals surface area (Å²) in [5.41, 5.74) is -1.73. The van der Waals surface area contributed by atoms with Crippen molar-refractivity contribution in [3.8, 4) is 0 Å². The lowest BCUT2D eigenvalue weighted by Crippen LogP contribution is -2.49. The summed E-state index contributed by atoms with van der Waals surface area (Å²) in [5, 5.41) is 10.6. The van der Waals surface area contributed by atoms with E-state index in [1.165, 1.54) is 18.9 Å². The van der Waals surface area contributed by atoms with E-state index in [2.05, 4.69) is 6.58 Å². The Kier molecular flexibility index (Phi) is 8.16. The van der Waals surface area contributed by atoms with Crippen molar-refractivity contribution in [2.75, 3.05) is 13.2 Å². The second-order valence-corrected chi connectivity index (χ2v) is 9.17. The maximum Gasteiger partial charge on any atom is 0.355 e. The van der Waals surface area contributed by atoms with Gasteiger partial charge >= 0.3 is 13.6 Å². The Balaban J connectivity index is 6.13. The maximum atomic E-state index is 13.4. The number of rotatable bonds is 10. The van der Waals surface area contributed by atoms with Gasteiger partial charge in [-0.2, -0.15) is 0 Å². The Morgan fingerprint density at radius 2 is 1.58 bits per heavy atom. The number of hydrogen-bond acceptors (Lipinski definition) is 6. The summed E-state index contributed by atoms with van der Waals surface area (Å²) < 4.78 is 24.4. The minimum absolute atomic E-state index is 0.191. The topological polar surface area (TPSA) is 85.3 Å². The molecule has 0 bridgehead atoms. The fourth-order valence-electron chi connectivity index (χ4n) is 2.11. The van der Waals surface area contributed by atoms with Gasteiger partial charge in [-0.25, -0.2) is 9.86 Å². The molecule has 7 nitrogen and oxygen atoms in total. The zero-order valence-corrected chi connectivity index (χ0v) is 17.0. The number of carboxylic acids is 1. The van der Waals surface area contributed by atoms with Crippen LogP contribution >= 0.6 is 7.60 Å². The average Bonchev–Trinajstić information content (AvgIpc) is 2.35. The Hall–Kier alpha value is -0.880. The number of carbonyl (C=O) groups is 1. The van der Waals surface area contributed by atoms with Gasteiger partial charge in [0.2, 0.25) is 0 Å². The molecule has 0 saturated carbocycles. The van der Waals surface area contributed by atoms with E-state index in [0.29, 0.717) is 5.70 Å². The highest BCUT2D eigenvalue weighted by molar-refractivity contribution is 7.54. The summed E-state index contributed by atoms with van der Waals surface area (Å²) in [4.78, 5) is 17.1. The van der Waals surface area contributed by atoms with Crippen LogP contribution in [0.1, 0.15) is 55.4 Å². The van der Waals surface area contributed by atoms with Crippen molar-refractivity contribution in [3.05, 3.63) is 12.3 Å². The molecule has 0 spiro atoms. The lowest BCUT2D eigenvalue weighted by atomic mass is 9.96. The molecule has 1 N–H and O–H groups in total. The van der Waals surface area contributed by atoms with Crippen LogP contribution in [0.25, 0.3) is 0 Å². The Labute approximate surface area is 145 Å². The predicted octanol–water partition coefficient (Wildman–Crippen LogP) is 4.26. The third-order valence-corrected chi connectivity index (χ3v) is 5.95. The van der Waals surface area contributed by atoms with Crippen molar-refractivity contribution in [1.29, 1.82) is 0 Å². The van der Waals surface area contributed by atoms with Crippen molar-refractivity contribution < 1.29 is 28.4 Å². The van der Waals surface area contributed by atoms with Gasteiger partial charge in [0.1, 0.15) is 0 Å². The first-order valence-corrected chi connectivity index (χ1v) is 9.60. The molecule has 1 unspecified atom stereocenters. The number of carboxylic acid groups (broad SMARTS) is 1. The molecular weight excluding hydrogens is 333 g/mol. The second kappa shape index (κ2) is 8.48. The monoisotopic (exact) mass is 365 g/mol. The summed E-state index contributed by atoms with van der Waals surface area (Å²) in [6.07, 6.45) is 0. The fourth-order valence-corrected chi connectivity index (χ4v) is 4.64. The molecule has 0 heterocycles. The fraction of sp³-hybridized carbons (Fsp3) is 0.812. The van der Waals surface area contributed by atoms with Crippen LogP contribution in [0.5, 0.6) is 0 Å². The Bertz CT molecular complexity index is 487. The molecule has 0 aromatic rings. The van der Waals surface area contributed by atoms with E-state index in [4.69, 9.17) is 13.9 Å². The summed E-state index contributed by atoms with van der Waals surface area (Å²) in [5.74, 6) is -2.01. The Morgan fingerprint density at radius 3 is 1.83 bits per heavy atom. The van der Waals surface area contributed by atoms with Crippen LogP contribution in [0.4, 0.5) is 0 Å². The molecule has 142 valence electrons. The zero-order chi connectivity index (χ0) is 19.3. The van der Waals surface area contributed by atoms with E-state index >= 15 is 0 Å². The molecule has 0 aliphatic heterocycles. The van der Waals surface area contributed by atoms with Crippen LogP contribution in [0.3, 0.4) is 0 Å². The first kappa shape index (κ1) is 23.1. The van der Waals surface area contributed by atoms with Crippen LogP contribution in [0.2, 0.25) is 0 Å². The summed E-state index contributed by atoms with van der Waals surface area (Å²) in [7, 11) is -3.63. The molecule has 0 aliphatic rings. The lowest BCUT2D eigenvalue weighted by molar-refractivity contribution is -0.240. The van der Waals surface area contributed by atoms with Crippen LogP contribution in [0.15, 0.2) is 12.3 Å². The highest BCUT2D eigenvalue weighted by atomic mass is 31.2. The first-order valence-electron chi connectivity index (χ1n) is 7.99. The molecule has 0 amide bonds. The molecule has 8 heteroatoms. The van der Waals surface area contributed by atoms with Crippen molar-refractivity contribution >= 4 is 13.6 Å². The van der Waals surface area contributed by atoms with Crippen LogP contribution in [-0.2, 0) is 23.2 Å². The van der Waals surface area contributed by atoms with Gasteiger partial charge in [0.15, 0.2) is 11.4 Å². The normalized spacial score (nSPS) is 14.3. The van der Waals surface area contributed by atoms with Gasteiger partial charge in [0.25, 0.3) is 0 Å². The summed E-state index contributed by atoms with van der Waals surface area (Å²) in [6, 6.07) is 0. The van der Waals surface area contributed by atoms with Crippen LogP contribution < -0.4 is 0 Å². The van der Waals surface area contributed by atoms with Crippen LogP contribution in [-0.4, -0.2) is 40.7 Å². The zero-order valence-electron chi connectivity index (χ0n) is 16.1. The molecule has 0 fully saturated rings. The number of aliphatic carboxylic acids is 1. The number of hydroxylamine groups is 2. The smallest absolute Gasteiger partial charge is 0.355 e. The van der Waals surface area contributed by atoms with Crippen molar-refractivity contribution in [1.82, 2.24) is 5.06 Å². The molecule has 0 aromatic carbocycles. The van der Waals surface area contributed by atoms with Crippen molar-refractivity contribution in [2.45, 2.75) is 66.8 Å². The Morgan fingerprint density at radius 1 is 1.17 bits per heavy atom. The number of nitrogens with zero attached hydrogens (tertiary/aromatic N) is 1. The van der Waals surface area contributed by atoms with Gasteiger partial charge < -0.3 is 14.2 Å². The molecule has 0 radical (unpaired) electrons. The lowest BCUT2D eigenvalue weighted by Gasteiger charge is -2.44. The minimum atomic E-state index is -3.63. The second-order valence-electron chi connectivity index (χ2n) is 7.08. The van der Waals surface area contributed by atoms with Crippen molar-refractivity contribution in [3.63, 3.8) is 0 Å². The standard InChI is InChI=1S/C16H32NO6P/c1-10-21-24(20,22-11-2)13(15(5,6)7)17(12(3)4)23-16(8,9)14(18)19/h13H,3,10-11H2,1-2,4-9H3,(H,18,19). The summed E-state index contributed by atoms with van der Waals surface area (Å²) in [6.45, 7) is 17.7. The van der Waals surface area contributed by atoms with Gasteiger partial charge in [-0.3, -0.25) is 9.40 Å². The van der Waals surface area contributed by atoms with Gasteiger partial charge in [-0.1, -0.05) is 27.4 Å². The average molecular weight is 365 g/mol. The third kappa shape index (κ3) is 5.88. The van der Waals surface area contributed by atoms with E-state index in [0.717, 1.165) is 0 Å². The van der Waals surface area contributed by atoms with E-state index in [1.54, 1.807) is 20.8 Å². The largest absolute Gasteiger partial charge is 0.479 e. The molecule has 0 rings (SSSR count). The molecule has 0 saturated heterocycles. The molecule has 24 heavy (non-hydrogen) atoms.